The molecule has 1 aromatic carbocycles. The van der Waals surface area contributed by atoms with E-state index >= 15 is 0 Å². The van der Waals surface area contributed by atoms with Crippen molar-refractivity contribution in [2.75, 3.05) is 0 Å². The summed E-state index contributed by atoms with van der Waals surface area (Å²) in [5.41, 5.74) is 18.5. The lowest BCUT2D eigenvalue weighted by molar-refractivity contribution is 0.152. The van der Waals surface area contributed by atoms with E-state index in [9.17, 15) is 5.11 Å². The van der Waals surface area contributed by atoms with E-state index in [0.29, 0.717) is 11.8 Å². The quantitative estimate of drug-likeness (QED) is 0.401. The van der Waals surface area contributed by atoms with E-state index < -0.39 is 6.35 Å². The second kappa shape index (κ2) is 10.2. The van der Waals surface area contributed by atoms with Gasteiger partial charge in [0.2, 0.25) is 6.35 Å². The Labute approximate surface area is 203 Å². The van der Waals surface area contributed by atoms with E-state index in [0.717, 1.165) is 53.8 Å². The predicted octanol–water partition coefficient (Wildman–Crippen LogP) is 4.87. The molecule has 1 aliphatic heterocycles. The predicted molar refractivity (Wildman–Crippen MR) is 140 cm³/mol. The first-order valence-corrected chi connectivity index (χ1v) is 12.3. The molecule has 2 unspecified atom stereocenters. The summed E-state index contributed by atoms with van der Waals surface area (Å²) >= 11 is 0. The first-order chi connectivity index (χ1) is 16.3. The lowest BCUT2D eigenvalue weighted by Crippen LogP contribution is -2.52. The van der Waals surface area contributed by atoms with Gasteiger partial charge in [0.25, 0.3) is 0 Å². The highest BCUT2D eigenvalue weighted by Gasteiger charge is 2.38. The molecule has 2 aromatic rings. The molecule has 0 saturated heterocycles. The van der Waals surface area contributed by atoms with Crippen molar-refractivity contribution in [2.24, 2.45) is 16.6 Å². The van der Waals surface area contributed by atoms with Gasteiger partial charge in [0.15, 0.2) is 0 Å². The van der Waals surface area contributed by atoms with Gasteiger partial charge in [0, 0.05) is 22.6 Å². The van der Waals surface area contributed by atoms with Crippen molar-refractivity contribution in [3.05, 3.63) is 71.6 Å². The third-order valence-corrected chi connectivity index (χ3v) is 7.46. The van der Waals surface area contributed by atoms with Crippen LogP contribution in [-0.4, -0.2) is 27.8 Å². The van der Waals surface area contributed by atoms with Gasteiger partial charge in [0.1, 0.15) is 5.84 Å². The molecule has 1 fully saturated rings. The Bertz CT molecular complexity index is 1090. The molecular formula is C28H37N5O. The fraction of sp³-hybridized carbons (Fsp3) is 0.429. The minimum Gasteiger partial charge on any atom is -0.358 e. The number of hydrogen-bond acceptors (Lipinski definition) is 6. The van der Waals surface area contributed by atoms with Gasteiger partial charge in [-0.15, -0.1) is 0 Å². The van der Waals surface area contributed by atoms with Crippen LogP contribution in [0.25, 0.3) is 17.2 Å². The molecule has 2 aliphatic rings. The molecule has 0 bridgehead atoms. The number of aliphatic imine (C=N–C) groups is 1. The maximum absolute atomic E-state index is 9.81. The molecule has 6 heteroatoms. The van der Waals surface area contributed by atoms with E-state index in [1.807, 2.05) is 18.2 Å². The van der Waals surface area contributed by atoms with Crippen LogP contribution < -0.4 is 16.6 Å². The number of nitrogens with one attached hydrogen (secondary N) is 2. The van der Waals surface area contributed by atoms with Crippen LogP contribution in [0.1, 0.15) is 75.7 Å². The molecule has 0 radical (unpaired) electrons. The first-order valence-electron chi connectivity index (χ1n) is 12.3. The Balaban J connectivity index is 1.68. The molecule has 2 heterocycles. The Kier molecular flexibility index (Phi) is 7.31. The Hall–Kier alpha value is -2.80. The zero-order valence-electron chi connectivity index (χ0n) is 20.5. The number of hydrogen-bond donors (Lipinski definition) is 4. The molecule has 6 nitrogen and oxygen atoms in total. The minimum atomic E-state index is -0.979. The van der Waals surface area contributed by atoms with E-state index in [-0.39, 0.29) is 11.5 Å². The third-order valence-electron chi connectivity index (χ3n) is 7.46. The van der Waals surface area contributed by atoms with Gasteiger partial charge >= 0.3 is 0 Å². The van der Waals surface area contributed by atoms with Crippen LogP contribution in [0.15, 0.2) is 59.6 Å². The van der Waals surface area contributed by atoms with E-state index in [1.165, 1.54) is 12.0 Å². The second-order valence-corrected chi connectivity index (χ2v) is 9.79. The van der Waals surface area contributed by atoms with Gasteiger partial charge in [-0.3, -0.25) is 4.98 Å². The van der Waals surface area contributed by atoms with Crippen LogP contribution in [0.3, 0.4) is 0 Å². The lowest BCUT2D eigenvalue weighted by atomic mass is 9.67. The van der Waals surface area contributed by atoms with Gasteiger partial charge in [-0.2, -0.15) is 5.43 Å². The van der Waals surface area contributed by atoms with Gasteiger partial charge in [-0.05, 0) is 62.7 Å². The highest BCUT2D eigenvalue weighted by atomic mass is 16.3. The molecule has 0 spiro atoms. The topological polar surface area (TPSA) is 95.6 Å². The maximum Gasteiger partial charge on any atom is 0.220 e. The van der Waals surface area contributed by atoms with Crippen LogP contribution in [0, 0.1) is 5.92 Å². The number of pyridine rings is 1. The standard InChI is InChI=1S/C28H37N5O/c1-5-20(16-19(4)28(29)13-10-14-28)15-18(3)25-22(21-11-8-7-9-12-21)17-23(24(6-2)30-25)26-31-27(34)33-32-26/h5-9,11-12,17-19,27,33-34H,2,10,13-16,29H2,1,3-4H3,(H,31,32)/b20-5-/t18-,19?,27?/m1/s1. The van der Waals surface area contributed by atoms with Crippen LogP contribution in [-0.2, 0) is 0 Å². The van der Waals surface area contributed by atoms with Crippen molar-refractivity contribution in [1.29, 1.82) is 0 Å². The Morgan fingerprint density at radius 1 is 1.24 bits per heavy atom. The first kappa shape index (κ1) is 24.3. The van der Waals surface area contributed by atoms with Gasteiger partial charge in [-0.25, -0.2) is 4.99 Å². The number of aromatic nitrogens is 1. The van der Waals surface area contributed by atoms with Crippen molar-refractivity contribution < 1.29 is 5.11 Å². The van der Waals surface area contributed by atoms with E-state index in [1.54, 1.807) is 6.08 Å². The van der Waals surface area contributed by atoms with Gasteiger partial charge in [0.05, 0.1) is 11.4 Å². The normalized spacial score (nSPS) is 21.3. The van der Waals surface area contributed by atoms with Crippen molar-refractivity contribution in [1.82, 2.24) is 15.8 Å². The number of benzene rings is 1. The molecular weight excluding hydrogens is 422 g/mol. The molecule has 1 aliphatic carbocycles. The Morgan fingerprint density at radius 3 is 2.53 bits per heavy atom. The molecule has 1 saturated carbocycles. The fourth-order valence-corrected chi connectivity index (χ4v) is 5.05. The monoisotopic (exact) mass is 459 g/mol. The summed E-state index contributed by atoms with van der Waals surface area (Å²) in [7, 11) is 0. The average molecular weight is 460 g/mol. The number of nitrogens with two attached hydrogens (primary N) is 1. The zero-order valence-corrected chi connectivity index (χ0v) is 20.5. The van der Waals surface area contributed by atoms with E-state index in [2.05, 4.69) is 67.5 Å². The number of amidine groups is 1. The SMILES string of the molecule is C=Cc1nc([C@H](C)C/C(=C/C)CC(C)C2(N)CCC2)c(-c2ccccc2)cc1C1=NC(O)NN1. The molecule has 4 rings (SSSR count). The van der Waals surface area contributed by atoms with Crippen LogP contribution in [0.2, 0.25) is 0 Å². The maximum atomic E-state index is 9.81. The highest BCUT2D eigenvalue weighted by Crippen LogP contribution is 2.40. The summed E-state index contributed by atoms with van der Waals surface area (Å²) in [5, 5.41) is 9.81. The average Bonchev–Trinajstić information content (AvgIpc) is 3.27. The second-order valence-electron chi connectivity index (χ2n) is 9.79. The minimum absolute atomic E-state index is 0.00376. The molecule has 5 N–H and O–H groups in total. The molecule has 34 heavy (non-hydrogen) atoms. The number of aliphatic hydroxyl groups is 1. The van der Waals surface area contributed by atoms with Crippen LogP contribution in [0.4, 0.5) is 0 Å². The van der Waals surface area contributed by atoms with Crippen LogP contribution >= 0.6 is 0 Å². The molecule has 3 atom stereocenters. The summed E-state index contributed by atoms with van der Waals surface area (Å²) in [6.45, 7) is 10.7. The summed E-state index contributed by atoms with van der Waals surface area (Å²) in [4.78, 5) is 9.33. The van der Waals surface area contributed by atoms with Gasteiger partial charge < -0.3 is 16.3 Å². The lowest BCUT2D eigenvalue weighted by Gasteiger charge is -2.44. The van der Waals surface area contributed by atoms with Crippen molar-refractivity contribution in [3.8, 4) is 11.1 Å². The summed E-state index contributed by atoms with van der Waals surface area (Å²) in [6.07, 6.45) is 8.49. The summed E-state index contributed by atoms with van der Waals surface area (Å²) in [6, 6.07) is 12.4. The third kappa shape index (κ3) is 4.99. The Morgan fingerprint density at radius 2 is 1.97 bits per heavy atom. The molecule has 0 amide bonds. The smallest absolute Gasteiger partial charge is 0.220 e. The summed E-state index contributed by atoms with van der Waals surface area (Å²) < 4.78 is 0. The highest BCUT2D eigenvalue weighted by molar-refractivity contribution is 6.03. The molecule has 1 aromatic heterocycles. The van der Waals surface area contributed by atoms with Crippen molar-refractivity contribution >= 4 is 11.9 Å². The number of hydrazine groups is 1. The van der Waals surface area contributed by atoms with Crippen molar-refractivity contribution in [3.63, 3.8) is 0 Å². The largest absolute Gasteiger partial charge is 0.358 e. The van der Waals surface area contributed by atoms with E-state index in [4.69, 9.17) is 10.7 Å². The summed E-state index contributed by atoms with van der Waals surface area (Å²) in [5.74, 6) is 1.24. The fourth-order valence-electron chi connectivity index (χ4n) is 5.05. The molecule has 180 valence electrons. The number of aliphatic hydroxyl groups excluding tert-OH is 1. The number of allylic oxidation sites excluding steroid dienone is 2. The number of nitrogens with zero attached hydrogens (tertiary/aromatic N) is 2. The number of rotatable bonds is 9. The van der Waals surface area contributed by atoms with Crippen LogP contribution in [0.5, 0.6) is 0 Å². The van der Waals surface area contributed by atoms with Crippen molar-refractivity contribution in [2.45, 2.75) is 70.7 Å². The zero-order chi connectivity index (χ0) is 24.3. The van der Waals surface area contributed by atoms with Gasteiger partial charge in [-0.1, -0.05) is 62.4 Å².